The number of carboxylic acids is 1. The molecule has 0 aliphatic rings. The molecule has 1 amide bonds. The first-order valence-corrected chi connectivity index (χ1v) is 10.5. The van der Waals surface area contributed by atoms with Crippen LogP contribution in [0.15, 0.2) is 57.8 Å². The lowest BCUT2D eigenvalue weighted by Gasteiger charge is -2.24. The van der Waals surface area contributed by atoms with Gasteiger partial charge in [0.15, 0.2) is 0 Å². The van der Waals surface area contributed by atoms with Gasteiger partial charge in [0.25, 0.3) is 0 Å². The molecule has 0 saturated carbocycles. The lowest BCUT2D eigenvalue weighted by Crippen LogP contribution is -2.33. The highest BCUT2D eigenvalue weighted by molar-refractivity contribution is 7.10. The molecule has 3 heterocycles. The molecule has 7 heteroatoms. The molecule has 27 heavy (non-hydrogen) atoms. The van der Waals surface area contributed by atoms with Crippen molar-refractivity contribution in [2.45, 2.75) is 31.7 Å². The van der Waals surface area contributed by atoms with Crippen LogP contribution in [-0.4, -0.2) is 28.4 Å². The van der Waals surface area contributed by atoms with E-state index < -0.39 is 5.97 Å². The first kappa shape index (κ1) is 19.4. The van der Waals surface area contributed by atoms with Crippen LogP contribution in [0.3, 0.4) is 0 Å². The minimum atomic E-state index is -0.891. The van der Waals surface area contributed by atoms with Crippen LogP contribution >= 0.6 is 22.7 Å². The zero-order valence-electron chi connectivity index (χ0n) is 14.7. The second kappa shape index (κ2) is 9.53. The molecule has 1 N–H and O–H groups in total. The average Bonchev–Trinajstić information content (AvgIpc) is 3.41. The highest BCUT2D eigenvalue weighted by Crippen LogP contribution is 2.29. The minimum Gasteiger partial charge on any atom is -0.481 e. The van der Waals surface area contributed by atoms with E-state index in [-0.39, 0.29) is 24.7 Å². The monoisotopic (exact) mass is 403 g/mol. The van der Waals surface area contributed by atoms with Crippen molar-refractivity contribution in [2.24, 2.45) is 0 Å². The molecule has 3 aromatic rings. The van der Waals surface area contributed by atoms with Gasteiger partial charge in [-0.3, -0.25) is 9.59 Å². The third kappa shape index (κ3) is 5.80. The Labute approximate surface area is 165 Å². The molecule has 142 valence electrons. The maximum absolute atomic E-state index is 13.0. The fourth-order valence-electron chi connectivity index (χ4n) is 2.93. The van der Waals surface area contributed by atoms with Crippen molar-refractivity contribution in [1.82, 2.24) is 4.90 Å². The maximum atomic E-state index is 13.0. The number of hydrogen-bond donors (Lipinski definition) is 1. The van der Waals surface area contributed by atoms with E-state index in [9.17, 15) is 14.7 Å². The summed E-state index contributed by atoms with van der Waals surface area (Å²) >= 11 is 3.16. The fraction of sp³-hybridized carbons (Fsp3) is 0.300. The van der Waals surface area contributed by atoms with E-state index in [2.05, 4.69) is 6.07 Å². The van der Waals surface area contributed by atoms with Gasteiger partial charge in [0.1, 0.15) is 5.76 Å². The van der Waals surface area contributed by atoms with Crippen molar-refractivity contribution in [3.8, 4) is 0 Å². The summed E-state index contributed by atoms with van der Waals surface area (Å²) in [7, 11) is 0. The van der Waals surface area contributed by atoms with Crippen LogP contribution in [0.5, 0.6) is 0 Å². The Morgan fingerprint density at radius 3 is 2.52 bits per heavy atom. The number of carbonyl (C=O) groups is 2. The van der Waals surface area contributed by atoms with Crippen LogP contribution in [0.2, 0.25) is 0 Å². The fourth-order valence-corrected chi connectivity index (χ4v) is 4.46. The van der Waals surface area contributed by atoms with Crippen LogP contribution in [0.4, 0.5) is 0 Å². The molecule has 0 fully saturated rings. The number of nitrogens with zero attached hydrogens (tertiary/aromatic N) is 1. The smallest absolute Gasteiger partial charge is 0.304 e. The van der Waals surface area contributed by atoms with E-state index in [1.54, 1.807) is 28.6 Å². The largest absolute Gasteiger partial charge is 0.481 e. The van der Waals surface area contributed by atoms with Gasteiger partial charge in [0, 0.05) is 28.6 Å². The number of amides is 1. The van der Waals surface area contributed by atoms with E-state index >= 15 is 0 Å². The predicted octanol–water partition coefficient (Wildman–Crippen LogP) is 4.62. The molecule has 0 aliphatic heterocycles. The van der Waals surface area contributed by atoms with Gasteiger partial charge in [-0.1, -0.05) is 12.1 Å². The van der Waals surface area contributed by atoms with E-state index in [1.165, 1.54) is 16.2 Å². The van der Waals surface area contributed by atoms with Gasteiger partial charge >= 0.3 is 5.97 Å². The van der Waals surface area contributed by atoms with Crippen molar-refractivity contribution in [3.63, 3.8) is 0 Å². The molecule has 0 aliphatic carbocycles. The number of thiophene rings is 2. The third-order valence-electron chi connectivity index (χ3n) is 4.28. The quantitative estimate of drug-likeness (QED) is 0.536. The van der Waals surface area contributed by atoms with Gasteiger partial charge in [-0.25, -0.2) is 0 Å². The van der Waals surface area contributed by atoms with Gasteiger partial charge in [-0.15, -0.1) is 22.7 Å². The summed E-state index contributed by atoms with van der Waals surface area (Å²) < 4.78 is 5.41. The Kier molecular flexibility index (Phi) is 6.84. The van der Waals surface area contributed by atoms with Crippen LogP contribution in [0, 0.1) is 0 Å². The molecule has 0 bridgehead atoms. The first-order chi connectivity index (χ1) is 13.1. The Morgan fingerprint density at radius 2 is 1.89 bits per heavy atom. The van der Waals surface area contributed by atoms with Crippen molar-refractivity contribution >= 4 is 34.6 Å². The van der Waals surface area contributed by atoms with Gasteiger partial charge in [0.05, 0.1) is 19.2 Å². The topological polar surface area (TPSA) is 70.8 Å². The Balaban J connectivity index is 1.70. The molecule has 0 saturated heterocycles. The zero-order chi connectivity index (χ0) is 19.1. The maximum Gasteiger partial charge on any atom is 0.304 e. The van der Waals surface area contributed by atoms with E-state index in [0.29, 0.717) is 13.1 Å². The van der Waals surface area contributed by atoms with Gasteiger partial charge in [-0.2, -0.15) is 0 Å². The van der Waals surface area contributed by atoms with Gasteiger partial charge < -0.3 is 14.4 Å². The van der Waals surface area contributed by atoms with E-state index in [4.69, 9.17) is 4.42 Å². The Morgan fingerprint density at radius 1 is 1.07 bits per heavy atom. The number of hydrogen-bond acceptors (Lipinski definition) is 5. The highest BCUT2D eigenvalue weighted by Gasteiger charge is 2.24. The summed E-state index contributed by atoms with van der Waals surface area (Å²) in [6.07, 6.45) is 2.49. The summed E-state index contributed by atoms with van der Waals surface area (Å²) in [6, 6.07) is 11.5. The standard InChI is InChI=1S/C20H21NO4S2/c22-19(12-15(13-20(23)24)18-6-3-11-27-18)21(14-16-4-1-9-25-16)8-7-17-5-2-10-26-17/h1-6,9-11,15H,7-8,12-14H2,(H,23,24)/t15-/m0/s1. The van der Waals surface area contributed by atoms with Crippen LogP contribution in [0.25, 0.3) is 0 Å². The third-order valence-corrected chi connectivity index (χ3v) is 6.25. The number of aliphatic carboxylic acids is 1. The molecular formula is C20H21NO4S2. The molecule has 1 atom stereocenters. The SMILES string of the molecule is O=C(O)C[C@H](CC(=O)N(CCc1cccs1)Cc1ccco1)c1cccs1. The normalized spacial score (nSPS) is 12.0. The molecule has 0 unspecified atom stereocenters. The van der Waals surface area contributed by atoms with Crippen molar-refractivity contribution in [3.05, 3.63) is 68.9 Å². The van der Waals surface area contributed by atoms with E-state index in [1.807, 2.05) is 35.0 Å². The highest BCUT2D eigenvalue weighted by atomic mass is 32.1. The molecule has 3 aromatic heterocycles. The summed E-state index contributed by atoms with van der Waals surface area (Å²) in [6.45, 7) is 0.964. The summed E-state index contributed by atoms with van der Waals surface area (Å²) in [5.41, 5.74) is 0. The Hall–Kier alpha value is -2.38. The number of furan rings is 1. The number of carboxylic acid groups (broad SMARTS) is 1. The van der Waals surface area contributed by atoms with Gasteiger partial charge in [-0.05, 0) is 41.4 Å². The molecular weight excluding hydrogens is 382 g/mol. The molecule has 0 spiro atoms. The minimum absolute atomic E-state index is 0.0498. The molecule has 3 rings (SSSR count). The second-order valence-corrected chi connectivity index (χ2v) is 8.25. The van der Waals surface area contributed by atoms with Crippen molar-refractivity contribution in [2.75, 3.05) is 6.54 Å². The lowest BCUT2D eigenvalue weighted by molar-refractivity contribution is -0.138. The van der Waals surface area contributed by atoms with E-state index in [0.717, 1.165) is 17.1 Å². The second-order valence-electron chi connectivity index (χ2n) is 6.24. The van der Waals surface area contributed by atoms with Crippen LogP contribution < -0.4 is 0 Å². The van der Waals surface area contributed by atoms with Crippen molar-refractivity contribution < 1.29 is 19.1 Å². The zero-order valence-corrected chi connectivity index (χ0v) is 16.4. The van der Waals surface area contributed by atoms with Crippen LogP contribution in [-0.2, 0) is 22.6 Å². The number of carbonyl (C=O) groups excluding carboxylic acids is 1. The first-order valence-electron chi connectivity index (χ1n) is 8.69. The lowest BCUT2D eigenvalue weighted by atomic mass is 9.98. The molecule has 0 aromatic carbocycles. The van der Waals surface area contributed by atoms with Gasteiger partial charge in [0.2, 0.25) is 5.91 Å². The van der Waals surface area contributed by atoms with Crippen LogP contribution in [0.1, 0.15) is 34.3 Å². The molecule has 0 radical (unpaired) electrons. The summed E-state index contributed by atoms with van der Waals surface area (Å²) in [5.74, 6) is -0.531. The summed E-state index contributed by atoms with van der Waals surface area (Å²) in [5, 5.41) is 13.2. The average molecular weight is 404 g/mol. The number of rotatable bonds is 10. The van der Waals surface area contributed by atoms with Crippen molar-refractivity contribution in [1.29, 1.82) is 0 Å². The molecule has 5 nitrogen and oxygen atoms in total. The summed E-state index contributed by atoms with van der Waals surface area (Å²) in [4.78, 5) is 28.2. The predicted molar refractivity (Wildman–Crippen MR) is 106 cm³/mol. The Bertz CT molecular complexity index is 826.